The van der Waals surface area contributed by atoms with Crippen LogP contribution in [0.3, 0.4) is 0 Å². The average Bonchev–Trinajstić information content (AvgIpc) is 2.29. The van der Waals surface area contributed by atoms with Gasteiger partial charge in [-0.3, -0.25) is 9.78 Å². The van der Waals surface area contributed by atoms with Crippen LogP contribution in [0, 0.1) is 11.6 Å². The number of pyridine rings is 1. The number of hydrogen-bond acceptors (Lipinski definition) is 2. The largest absolute Gasteiger partial charge is 0.288 e. The maximum atomic E-state index is 13.4. The molecule has 0 aliphatic carbocycles. The normalized spacial score (nSPS) is 10.3. The number of benzene rings is 1. The van der Waals surface area contributed by atoms with E-state index in [1.807, 2.05) is 0 Å². The Kier molecular flexibility index (Phi) is 3.28. The second-order valence-electron chi connectivity index (χ2n) is 3.31. The second-order valence-corrected chi connectivity index (χ2v) is 4.16. The van der Waals surface area contributed by atoms with E-state index >= 15 is 0 Å². The molecule has 5 heteroatoms. The van der Waals surface area contributed by atoms with Gasteiger partial charge in [-0.2, -0.15) is 0 Å². The first kappa shape index (κ1) is 11.9. The summed E-state index contributed by atoms with van der Waals surface area (Å²) in [5, 5.41) is 0. The zero-order valence-electron chi connectivity index (χ0n) is 8.45. The zero-order chi connectivity index (χ0) is 12.4. The topological polar surface area (TPSA) is 30.0 Å². The van der Waals surface area contributed by atoms with Gasteiger partial charge in [-0.1, -0.05) is 0 Å². The Hall–Kier alpha value is -1.62. The molecule has 1 heterocycles. The molecule has 17 heavy (non-hydrogen) atoms. The van der Waals surface area contributed by atoms with Crippen LogP contribution in [0.5, 0.6) is 0 Å². The van der Waals surface area contributed by atoms with Crippen molar-refractivity contribution in [1.29, 1.82) is 0 Å². The monoisotopic (exact) mass is 297 g/mol. The molecule has 0 atom stereocenters. The number of carbonyl (C=O) groups excluding carboxylic acids is 1. The molecule has 0 aliphatic rings. The number of halogens is 3. The van der Waals surface area contributed by atoms with Crippen LogP contribution in [0.4, 0.5) is 8.78 Å². The predicted octanol–water partition coefficient (Wildman–Crippen LogP) is 3.35. The lowest BCUT2D eigenvalue weighted by molar-refractivity contribution is 0.103. The maximum Gasteiger partial charge on any atom is 0.197 e. The minimum Gasteiger partial charge on any atom is -0.288 e. The van der Waals surface area contributed by atoms with Crippen LogP contribution < -0.4 is 0 Å². The lowest BCUT2D eigenvalue weighted by Gasteiger charge is -2.04. The van der Waals surface area contributed by atoms with Crippen LogP contribution in [-0.2, 0) is 0 Å². The molecule has 0 amide bonds. The van der Waals surface area contributed by atoms with Crippen molar-refractivity contribution < 1.29 is 13.6 Å². The van der Waals surface area contributed by atoms with Crippen molar-refractivity contribution in [1.82, 2.24) is 4.98 Å². The average molecular weight is 298 g/mol. The van der Waals surface area contributed by atoms with Crippen LogP contribution in [0.15, 0.2) is 41.1 Å². The molecule has 86 valence electrons. The van der Waals surface area contributed by atoms with E-state index in [4.69, 9.17) is 0 Å². The van der Waals surface area contributed by atoms with Gasteiger partial charge in [-0.15, -0.1) is 0 Å². The summed E-state index contributed by atoms with van der Waals surface area (Å²) < 4.78 is 26.5. The summed E-state index contributed by atoms with van der Waals surface area (Å²) >= 11 is 3.07. The summed E-state index contributed by atoms with van der Waals surface area (Å²) in [5.41, 5.74) is 0.115. The maximum absolute atomic E-state index is 13.4. The first-order valence-electron chi connectivity index (χ1n) is 4.69. The van der Waals surface area contributed by atoms with E-state index in [-0.39, 0.29) is 11.1 Å². The fraction of sp³-hybridized carbons (Fsp3) is 0. The summed E-state index contributed by atoms with van der Waals surface area (Å²) in [6.45, 7) is 0. The highest BCUT2D eigenvalue weighted by Gasteiger charge is 2.16. The van der Waals surface area contributed by atoms with Crippen molar-refractivity contribution in [2.75, 3.05) is 0 Å². The summed E-state index contributed by atoms with van der Waals surface area (Å²) in [4.78, 5) is 15.5. The van der Waals surface area contributed by atoms with Gasteiger partial charge < -0.3 is 0 Å². The fourth-order valence-corrected chi connectivity index (χ4v) is 1.91. The standard InChI is InChI=1S/C12H6BrF2NO/c13-10-5-7(14)1-2-8(10)12(17)9-3-4-16-6-11(9)15/h1-6H. The molecule has 0 bridgehead atoms. The van der Waals surface area contributed by atoms with Gasteiger partial charge in [0.05, 0.1) is 11.8 Å². The Morgan fingerprint density at radius 1 is 1.18 bits per heavy atom. The van der Waals surface area contributed by atoms with Gasteiger partial charge in [-0.25, -0.2) is 8.78 Å². The van der Waals surface area contributed by atoms with Gasteiger partial charge >= 0.3 is 0 Å². The van der Waals surface area contributed by atoms with Gasteiger partial charge in [0.15, 0.2) is 11.6 Å². The summed E-state index contributed by atoms with van der Waals surface area (Å²) in [7, 11) is 0. The third kappa shape index (κ3) is 2.39. The van der Waals surface area contributed by atoms with Crippen molar-refractivity contribution >= 4 is 21.7 Å². The molecule has 0 saturated heterocycles. The van der Waals surface area contributed by atoms with E-state index < -0.39 is 17.4 Å². The Labute approximate surface area is 104 Å². The SMILES string of the molecule is O=C(c1ccncc1F)c1ccc(F)cc1Br. The molecule has 2 rings (SSSR count). The van der Waals surface area contributed by atoms with E-state index in [0.717, 1.165) is 18.3 Å². The van der Waals surface area contributed by atoms with Gasteiger partial charge in [-0.05, 0) is 40.2 Å². The van der Waals surface area contributed by atoms with E-state index in [9.17, 15) is 13.6 Å². The molecular formula is C12H6BrF2NO. The Morgan fingerprint density at radius 3 is 2.59 bits per heavy atom. The minimum absolute atomic E-state index is 0.0905. The summed E-state index contributed by atoms with van der Waals surface area (Å²) in [6, 6.07) is 4.90. The number of rotatable bonds is 2. The molecule has 0 unspecified atom stereocenters. The highest BCUT2D eigenvalue weighted by Crippen LogP contribution is 2.22. The Bertz CT molecular complexity index is 586. The first-order valence-corrected chi connectivity index (χ1v) is 5.48. The molecule has 0 radical (unpaired) electrons. The highest BCUT2D eigenvalue weighted by atomic mass is 79.9. The van der Waals surface area contributed by atoms with Gasteiger partial charge in [0, 0.05) is 16.2 Å². The molecule has 2 aromatic rings. The molecule has 0 aliphatic heterocycles. The molecule has 2 nitrogen and oxygen atoms in total. The predicted molar refractivity (Wildman–Crippen MR) is 61.7 cm³/mol. The smallest absolute Gasteiger partial charge is 0.197 e. The van der Waals surface area contributed by atoms with Crippen LogP contribution in [0.1, 0.15) is 15.9 Å². The number of carbonyl (C=O) groups is 1. The molecule has 1 aromatic heterocycles. The van der Waals surface area contributed by atoms with E-state index in [1.54, 1.807) is 0 Å². The van der Waals surface area contributed by atoms with E-state index in [1.165, 1.54) is 18.3 Å². The van der Waals surface area contributed by atoms with Crippen molar-refractivity contribution in [3.8, 4) is 0 Å². The molecular weight excluding hydrogens is 292 g/mol. The summed E-state index contributed by atoms with van der Waals surface area (Å²) in [5.74, 6) is -1.69. The molecule has 0 saturated carbocycles. The number of aromatic nitrogens is 1. The van der Waals surface area contributed by atoms with E-state index in [0.29, 0.717) is 4.47 Å². The van der Waals surface area contributed by atoms with Crippen molar-refractivity contribution in [2.45, 2.75) is 0 Å². The number of ketones is 1. The molecule has 0 spiro atoms. The third-order valence-electron chi connectivity index (χ3n) is 2.19. The quantitative estimate of drug-likeness (QED) is 0.796. The van der Waals surface area contributed by atoms with Gasteiger partial charge in [0.25, 0.3) is 0 Å². The van der Waals surface area contributed by atoms with Crippen molar-refractivity contribution in [2.24, 2.45) is 0 Å². The minimum atomic E-state index is -0.700. The van der Waals surface area contributed by atoms with E-state index in [2.05, 4.69) is 20.9 Å². The fourth-order valence-electron chi connectivity index (χ4n) is 1.38. The summed E-state index contributed by atoms with van der Waals surface area (Å²) in [6.07, 6.45) is 2.29. The lowest BCUT2D eigenvalue weighted by atomic mass is 10.0. The number of hydrogen-bond donors (Lipinski definition) is 0. The van der Waals surface area contributed by atoms with Crippen LogP contribution in [0.25, 0.3) is 0 Å². The van der Waals surface area contributed by atoms with Gasteiger partial charge in [0.1, 0.15) is 5.82 Å². The Morgan fingerprint density at radius 2 is 1.94 bits per heavy atom. The first-order chi connectivity index (χ1) is 8.09. The van der Waals surface area contributed by atoms with Crippen LogP contribution in [-0.4, -0.2) is 10.8 Å². The highest BCUT2D eigenvalue weighted by molar-refractivity contribution is 9.10. The van der Waals surface area contributed by atoms with Crippen molar-refractivity contribution in [3.63, 3.8) is 0 Å². The second kappa shape index (κ2) is 4.71. The molecule has 0 fully saturated rings. The molecule has 1 aromatic carbocycles. The lowest BCUT2D eigenvalue weighted by Crippen LogP contribution is -2.05. The number of nitrogens with zero attached hydrogens (tertiary/aromatic N) is 1. The van der Waals surface area contributed by atoms with Crippen molar-refractivity contribution in [3.05, 3.63) is 63.9 Å². The zero-order valence-corrected chi connectivity index (χ0v) is 10.0. The van der Waals surface area contributed by atoms with Crippen LogP contribution in [0.2, 0.25) is 0 Å². The van der Waals surface area contributed by atoms with Gasteiger partial charge in [0.2, 0.25) is 0 Å². The van der Waals surface area contributed by atoms with Crippen LogP contribution >= 0.6 is 15.9 Å². The Balaban J connectivity index is 2.48. The third-order valence-corrected chi connectivity index (χ3v) is 2.85. The molecule has 0 N–H and O–H groups in total.